The SMILES string of the molecule is CNCCCOc1ccc(CN2CCN(C)c3ncc(F)cc3C2=O)c(F)c1. The fourth-order valence-electron chi connectivity index (χ4n) is 3.08. The minimum atomic E-state index is -0.576. The zero-order chi connectivity index (χ0) is 20.1. The van der Waals surface area contributed by atoms with E-state index in [0.717, 1.165) is 19.2 Å². The van der Waals surface area contributed by atoms with Gasteiger partial charge in [0.2, 0.25) is 0 Å². The highest BCUT2D eigenvalue weighted by molar-refractivity contribution is 5.99. The van der Waals surface area contributed by atoms with Crippen molar-refractivity contribution in [1.29, 1.82) is 0 Å². The maximum absolute atomic E-state index is 14.5. The molecule has 6 nitrogen and oxygen atoms in total. The van der Waals surface area contributed by atoms with Crippen molar-refractivity contribution in [3.63, 3.8) is 0 Å². The molecule has 150 valence electrons. The van der Waals surface area contributed by atoms with Gasteiger partial charge in [0.25, 0.3) is 5.91 Å². The number of aromatic nitrogens is 1. The summed E-state index contributed by atoms with van der Waals surface area (Å²) in [5.74, 6) is -0.490. The van der Waals surface area contributed by atoms with Crippen molar-refractivity contribution >= 4 is 11.7 Å². The highest BCUT2D eigenvalue weighted by Crippen LogP contribution is 2.25. The monoisotopic (exact) mass is 390 g/mol. The van der Waals surface area contributed by atoms with Gasteiger partial charge in [-0.05, 0) is 32.1 Å². The van der Waals surface area contributed by atoms with E-state index in [4.69, 9.17) is 4.74 Å². The number of carbonyl (C=O) groups is 1. The van der Waals surface area contributed by atoms with E-state index in [9.17, 15) is 13.6 Å². The number of pyridine rings is 1. The highest BCUT2D eigenvalue weighted by atomic mass is 19.1. The van der Waals surface area contributed by atoms with Gasteiger partial charge in [0, 0.05) is 38.3 Å². The van der Waals surface area contributed by atoms with Crippen LogP contribution in [0.5, 0.6) is 5.75 Å². The molecule has 1 amide bonds. The summed E-state index contributed by atoms with van der Waals surface area (Å²) < 4.78 is 33.7. The standard InChI is InChI=1S/C20H24F2N4O2/c1-23-6-3-9-28-16-5-4-14(18(22)11-16)13-26-8-7-25(2)19-17(20(26)27)10-15(21)12-24-19/h4-5,10-12,23H,3,6-9,13H2,1-2H3. The van der Waals surface area contributed by atoms with Crippen molar-refractivity contribution in [2.45, 2.75) is 13.0 Å². The zero-order valence-electron chi connectivity index (χ0n) is 16.0. The molecule has 1 aromatic carbocycles. The molecular formula is C20H24F2N4O2. The second kappa shape index (κ2) is 8.97. The average molecular weight is 390 g/mol. The van der Waals surface area contributed by atoms with Crippen LogP contribution in [0.4, 0.5) is 14.6 Å². The van der Waals surface area contributed by atoms with E-state index < -0.39 is 11.6 Å². The van der Waals surface area contributed by atoms with Gasteiger partial charge in [-0.2, -0.15) is 0 Å². The second-order valence-electron chi connectivity index (χ2n) is 6.73. The molecule has 0 saturated heterocycles. The molecule has 1 aliphatic heterocycles. The third-order valence-electron chi connectivity index (χ3n) is 4.64. The number of hydrogen-bond donors (Lipinski definition) is 1. The molecule has 0 bridgehead atoms. The van der Waals surface area contributed by atoms with Gasteiger partial charge in [-0.25, -0.2) is 13.8 Å². The van der Waals surface area contributed by atoms with Crippen molar-refractivity contribution in [3.05, 3.63) is 53.2 Å². The van der Waals surface area contributed by atoms with Crippen LogP contribution < -0.4 is 15.0 Å². The van der Waals surface area contributed by atoms with Crippen molar-refractivity contribution < 1.29 is 18.3 Å². The number of rotatable bonds is 7. The first-order valence-electron chi connectivity index (χ1n) is 9.21. The molecule has 0 unspecified atom stereocenters. The molecule has 3 rings (SSSR count). The van der Waals surface area contributed by atoms with Crippen LogP contribution in [-0.4, -0.2) is 56.1 Å². The van der Waals surface area contributed by atoms with Gasteiger partial charge < -0.3 is 19.9 Å². The average Bonchev–Trinajstić information content (AvgIpc) is 2.79. The summed E-state index contributed by atoms with van der Waals surface area (Å²) in [6.45, 7) is 2.31. The number of likely N-dealkylation sites (N-methyl/N-ethyl adjacent to an activating group) is 1. The van der Waals surface area contributed by atoms with E-state index in [2.05, 4.69) is 10.3 Å². The first-order valence-corrected chi connectivity index (χ1v) is 9.21. The van der Waals surface area contributed by atoms with Crippen molar-refractivity contribution in [1.82, 2.24) is 15.2 Å². The van der Waals surface area contributed by atoms with E-state index in [-0.39, 0.29) is 18.0 Å². The lowest BCUT2D eigenvalue weighted by Crippen LogP contribution is -2.33. The summed E-state index contributed by atoms with van der Waals surface area (Å²) in [4.78, 5) is 20.2. The van der Waals surface area contributed by atoms with E-state index >= 15 is 0 Å². The Morgan fingerprint density at radius 2 is 2.07 bits per heavy atom. The topological polar surface area (TPSA) is 57.7 Å². The summed E-state index contributed by atoms with van der Waals surface area (Å²) in [6, 6.07) is 5.83. The molecule has 0 fully saturated rings. The van der Waals surface area contributed by atoms with Gasteiger partial charge in [0.15, 0.2) is 0 Å². The summed E-state index contributed by atoms with van der Waals surface area (Å²) in [7, 11) is 3.65. The van der Waals surface area contributed by atoms with Gasteiger partial charge in [0.1, 0.15) is 23.2 Å². The lowest BCUT2D eigenvalue weighted by Gasteiger charge is -2.21. The Kier molecular flexibility index (Phi) is 6.41. The molecule has 0 saturated carbocycles. The fourth-order valence-corrected chi connectivity index (χ4v) is 3.08. The van der Waals surface area contributed by atoms with Gasteiger partial charge in [-0.3, -0.25) is 4.79 Å². The molecule has 8 heteroatoms. The number of amides is 1. The molecule has 0 spiro atoms. The van der Waals surface area contributed by atoms with Crippen LogP contribution in [0.1, 0.15) is 22.3 Å². The number of halogens is 2. The molecular weight excluding hydrogens is 366 g/mol. The van der Waals surface area contributed by atoms with Crippen LogP contribution in [-0.2, 0) is 6.54 Å². The minimum absolute atomic E-state index is 0.0918. The Bertz CT molecular complexity index is 847. The van der Waals surface area contributed by atoms with Gasteiger partial charge in [-0.15, -0.1) is 0 Å². The van der Waals surface area contributed by atoms with Crippen LogP contribution in [0.3, 0.4) is 0 Å². The smallest absolute Gasteiger partial charge is 0.258 e. The number of carbonyl (C=O) groups excluding carboxylic acids is 1. The number of anilines is 1. The molecule has 0 radical (unpaired) electrons. The maximum atomic E-state index is 14.5. The van der Waals surface area contributed by atoms with Crippen LogP contribution in [0.15, 0.2) is 30.5 Å². The van der Waals surface area contributed by atoms with Crippen LogP contribution in [0.2, 0.25) is 0 Å². The molecule has 0 aliphatic carbocycles. The molecule has 1 N–H and O–H groups in total. The van der Waals surface area contributed by atoms with Crippen LogP contribution >= 0.6 is 0 Å². The molecule has 2 heterocycles. The van der Waals surface area contributed by atoms with Crippen molar-refractivity contribution in [3.8, 4) is 5.75 Å². The zero-order valence-corrected chi connectivity index (χ0v) is 16.0. The van der Waals surface area contributed by atoms with Crippen molar-refractivity contribution in [2.24, 2.45) is 0 Å². The van der Waals surface area contributed by atoms with Crippen LogP contribution in [0, 0.1) is 11.6 Å². The lowest BCUT2D eigenvalue weighted by atomic mass is 10.1. The molecule has 2 aromatic rings. The van der Waals surface area contributed by atoms with Gasteiger partial charge in [0.05, 0.1) is 18.4 Å². The minimum Gasteiger partial charge on any atom is -0.493 e. The van der Waals surface area contributed by atoms with Gasteiger partial charge >= 0.3 is 0 Å². The number of fused-ring (bicyclic) bond motifs is 1. The Labute approximate surface area is 163 Å². The van der Waals surface area contributed by atoms with Crippen molar-refractivity contribution in [2.75, 3.05) is 45.2 Å². The first-order chi connectivity index (χ1) is 13.5. The normalized spacial score (nSPS) is 14.1. The Hall–Kier alpha value is -2.74. The van der Waals surface area contributed by atoms with Gasteiger partial charge in [-0.1, -0.05) is 6.07 Å². The summed E-state index contributed by atoms with van der Waals surface area (Å²) >= 11 is 0. The number of benzene rings is 1. The molecule has 28 heavy (non-hydrogen) atoms. The molecule has 0 atom stereocenters. The fraction of sp³-hybridized carbons (Fsp3) is 0.400. The second-order valence-corrected chi connectivity index (χ2v) is 6.73. The van der Waals surface area contributed by atoms with E-state index in [1.54, 1.807) is 24.1 Å². The lowest BCUT2D eigenvalue weighted by molar-refractivity contribution is 0.0752. The predicted molar refractivity (Wildman–Crippen MR) is 103 cm³/mol. The van der Waals surface area contributed by atoms with E-state index in [1.165, 1.54) is 17.0 Å². The maximum Gasteiger partial charge on any atom is 0.258 e. The first kappa shape index (κ1) is 20.0. The third-order valence-corrected chi connectivity index (χ3v) is 4.64. The number of hydrogen-bond acceptors (Lipinski definition) is 5. The summed E-state index contributed by atoms with van der Waals surface area (Å²) in [5, 5.41) is 3.02. The van der Waals surface area contributed by atoms with E-state index in [0.29, 0.717) is 36.8 Å². The third kappa shape index (κ3) is 4.56. The molecule has 1 aliphatic rings. The number of nitrogens with one attached hydrogen (secondary N) is 1. The largest absolute Gasteiger partial charge is 0.493 e. The number of nitrogens with zero attached hydrogens (tertiary/aromatic N) is 3. The Morgan fingerprint density at radius 3 is 2.82 bits per heavy atom. The summed E-state index contributed by atoms with van der Waals surface area (Å²) in [6.07, 6.45) is 1.91. The highest BCUT2D eigenvalue weighted by Gasteiger charge is 2.27. The predicted octanol–water partition coefficient (Wildman–Crippen LogP) is 2.44. The quantitative estimate of drug-likeness (QED) is 0.736. The number of ether oxygens (including phenoxy) is 1. The molecule has 1 aromatic heterocycles. The van der Waals surface area contributed by atoms with E-state index in [1.807, 2.05) is 7.05 Å². The Morgan fingerprint density at radius 1 is 1.25 bits per heavy atom. The Balaban J connectivity index is 1.73. The van der Waals surface area contributed by atoms with Crippen LogP contribution in [0.25, 0.3) is 0 Å². The summed E-state index contributed by atoms with van der Waals surface area (Å²) in [5.41, 5.74) is 0.566.